The van der Waals surface area contributed by atoms with Crippen LogP contribution in [0.1, 0.15) is 19.2 Å². The monoisotopic (exact) mass is 291 g/mol. The minimum Gasteiger partial charge on any atom is -0.504 e. The number of hydrazine groups is 1. The lowest BCUT2D eigenvalue weighted by atomic mass is 10.2. The Morgan fingerprint density at radius 2 is 2.00 bits per heavy atom. The molecule has 1 heterocycles. The topological polar surface area (TPSA) is 112 Å². The van der Waals surface area contributed by atoms with E-state index in [1.54, 1.807) is 6.92 Å². The number of phenolic OH excluding ortho intramolecular Hbond substituents is 2. The SMILES string of the molecule is CCCNNc1nc(C)n(-c2ccc(O)c(O)c2)c(=O)n1. The first kappa shape index (κ1) is 14.8. The Labute approximate surface area is 121 Å². The Morgan fingerprint density at radius 1 is 1.24 bits per heavy atom. The number of phenols is 2. The second-order valence-corrected chi connectivity index (χ2v) is 4.44. The van der Waals surface area contributed by atoms with Crippen LogP contribution in [-0.2, 0) is 0 Å². The van der Waals surface area contributed by atoms with E-state index in [-0.39, 0.29) is 17.4 Å². The summed E-state index contributed by atoms with van der Waals surface area (Å²) in [6, 6.07) is 4.07. The van der Waals surface area contributed by atoms with Gasteiger partial charge in [-0.25, -0.2) is 14.8 Å². The molecular weight excluding hydrogens is 274 g/mol. The number of rotatable bonds is 5. The molecule has 112 valence electrons. The van der Waals surface area contributed by atoms with Gasteiger partial charge >= 0.3 is 5.69 Å². The average molecular weight is 291 g/mol. The zero-order valence-corrected chi connectivity index (χ0v) is 11.8. The molecule has 2 aromatic rings. The molecule has 0 aliphatic carbocycles. The smallest absolute Gasteiger partial charge is 0.356 e. The van der Waals surface area contributed by atoms with E-state index in [0.29, 0.717) is 11.5 Å². The molecule has 0 amide bonds. The standard InChI is InChI=1S/C13H17N5O3/c1-3-6-14-17-12-15-8(2)18(13(21)16-12)9-4-5-10(19)11(20)7-9/h4-5,7,14,19-20H,3,6H2,1-2H3,(H,16,17,21). The maximum atomic E-state index is 12.1. The van der Waals surface area contributed by atoms with Gasteiger partial charge in [-0.05, 0) is 25.5 Å². The fourth-order valence-corrected chi connectivity index (χ4v) is 1.78. The summed E-state index contributed by atoms with van der Waals surface area (Å²) in [6.45, 7) is 4.38. The highest BCUT2D eigenvalue weighted by Crippen LogP contribution is 2.26. The molecule has 0 fully saturated rings. The number of nitrogens with one attached hydrogen (secondary N) is 2. The summed E-state index contributed by atoms with van der Waals surface area (Å²) in [5.74, 6) is 0.0177. The summed E-state index contributed by atoms with van der Waals surface area (Å²) in [6.07, 6.45) is 0.926. The van der Waals surface area contributed by atoms with Crippen LogP contribution in [0.15, 0.2) is 23.0 Å². The summed E-state index contributed by atoms with van der Waals surface area (Å²) in [4.78, 5) is 20.1. The molecule has 2 rings (SSSR count). The molecule has 8 nitrogen and oxygen atoms in total. The summed E-state index contributed by atoms with van der Waals surface area (Å²) in [5.41, 5.74) is 5.48. The van der Waals surface area contributed by atoms with Crippen LogP contribution in [0.2, 0.25) is 0 Å². The average Bonchev–Trinajstić information content (AvgIpc) is 2.42. The summed E-state index contributed by atoms with van der Waals surface area (Å²) < 4.78 is 1.24. The van der Waals surface area contributed by atoms with Crippen molar-refractivity contribution >= 4 is 5.95 Å². The van der Waals surface area contributed by atoms with Crippen molar-refractivity contribution in [2.75, 3.05) is 12.0 Å². The number of aromatic nitrogens is 3. The lowest BCUT2D eigenvalue weighted by Crippen LogP contribution is -2.30. The van der Waals surface area contributed by atoms with Crippen LogP contribution < -0.4 is 16.5 Å². The molecule has 1 aromatic heterocycles. The summed E-state index contributed by atoms with van der Waals surface area (Å²) >= 11 is 0. The summed E-state index contributed by atoms with van der Waals surface area (Å²) in [7, 11) is 0. The molecule has 1 aromatic carbocycles. The number of hydrogen-bond acceptors (Lipinski definition) is 7. The van der Waals surface area contributed by atoms with Crippen molar-refractivity contribution in [3.05, 3.63) is 34.5 Å². The second kappa shape index (κ2) is 6.23. The van der Waals surface area contributed by atoms with E-state index in [2.05, 4.69) is 20.8 Å². The molecule has 0 aliphatic heterocycles. The summed E-state index contributed by atoms with van der Waals surface area (Å²) in [5, 5.41) is 18.8. The Morgan fingerprint density at radius 3 is 2.62 bits per heavy atom. The zero-order valence-electron chi connectivity index (χ0n) is 11.8. The first-order valence-electron chi connectivity index (χ1n) is 6.52. The fourth-order valence-electron chi connectivity index (χ4n) is 1.78. The van der Waals surface area contributed by atoms with Crippen LogP contribution in [0.25, 0.3) is 5.69 Å². The highest BCUT2D eigenvalue weighted by molar-refractivity contribution is 5.47. The van der Waals surface area contributed by atoms with Crippen LogP contribution in [0, 0.1) is 6.92 Å². The minimum absolute atomic E-state index is 0.185. The normalized spacial score (nSPS) is 10.6. The van der Waals surface area contributed by atoms with E-state index in [9.17, 15) is 15.0 Å². The van der Waals surface area contributed by atoms with Gasteiger partial charge in [0.05, 0.1) is 5.69 Å². The number of aromatic hydroxyl groups is 2. The molecule has 0 atom stereocenters. The number of nitrogens with zero attached hydrogens (tertiary/aromatic N) is 3. The molecule has 0 unspecified atom stereocenters. The van der Waals surface area contributed by atoms with Gasteiger partial charge in [0.1, 0.15) is 5.82 Å². The lowest BCUT2D eigenvalue weighted by Gasteiger charge is -2.11. The quantitative estimate of drug-likeness (QED) is 0.364. The highest BCUT2D eigenvalue weighted by atomic mass is 16.3. The zero-order chi connectivity index (χ0) is 15.4. The third-order valence-corrected chi connectivity index (χ3v) is 2.78. The number of anilines is 1. The number of benzene rings is 1. The Kier molecular flexibility index (Phi) is 4.39. The van der Waals surface area contributed by atoms with Crippen molar-refractivity contribution in [1.82, 2.24) is 20.0 Å². The molecule has 0 aliphatic rings. The van der Waals surface area contributed by atoms with Crippen molar-refractivity contribution in [3.63, 3.8) is 0 Å². The van der Waals surface area contributed by atoms with Gasteiger partial charge in [0.2, 0.25) is 5.95 Å². The fraction of sp³-hybridized carbons (Fsp3) is 0.308. The Bertz CT molecular complexity index is 699. The highest BCUT2D eigenvalue weighted by Gasteiger charge is 2.10. The van der Waals surface area contributed by atoms with E-state index < -0.39 is 5.69 Å². The molecule has 8 heteroatoms. The predicted octanol–water partition coefficient (Wildman–Crippen LogP) is 0.674. The van der Waals surface area contributed by atoms with Gasteiger partial charge in [-0.3, -0.25) is 5.43 Å². The maximum Gasteiger partial charge on any atom is 0.356 e. The van der Waals surface area contributed by atoms with Crippen LogP contribution >= 0.6 is 0 Å². The van der Waals surface area contributed by atoms with Crippen molar-refractivity contribution < 1.29 is 10.2 Å². The van der Waals surface area contributed by atoms with E-state index in [0.717, 1.165) is 13.0 Å². The lowest BCUT2D eigenvalue weighted by molar-refractivity contribution is 0.403. The minimum atomic E-state index is -0.534. The largest absolute Gasteiger partial charge is 0.504 e. The maximum absolute atomic E-state index is 12.1. The van der Waals surface area contributed by atoms with Crippen molar-refractivity contribution in [2.24, 2.45) is 0 Å². The molecule has 4 N–H and O–H groups in total. The van der Waals surface area contributed by atoms with E-state index in [4.69, 9.17) is 0 Å². The Balaban J connectivity index is 2.36. The van der Waals surface area contributed by atoms with Gasteiger partial charge < -0.3 is 10.2 Å². The van der Waals surface area contributed by atoms with E-state index in [1.807, 2.05) is 6.92 Å². The number of hydrogen-bond donors (Lipinski definition) is 4. The van der Waals surface area contributed by atoms with E-state index in [1.165, 1.54) is 22.8 Å². The molecule has 0 spiro atoms. The van der Waals surface area contributed by atoms with Gasteiger partial charge in [-0.15, -0.1) is 0 Å². The Hall–Kier alpha value is -2.61. The van der Waals surface area contributed by atoms with Crippen molar-refractivity contribution in [2.45, 2.75) is 20.3 Å². The molecule has 0 saturated carbocycles. The molecule has 0 bridgehead atoms. The van der Waals surface area contributed by atoms with Crippen LogP contribution in [0.3, 0.4) is 0 Å². The van der Waals surface area contributed by atoms with Crippen LogP contribution in [0.5, 0.6) is 11.5 Å². The molecule has 21 heavy (non-hydrogen) atoms. The third-order valence-electron chi connectivity index (χ3n) is 2.78. The van der Waals surface area contributed by atoms with Gasteiger partial charge in [-0.2, -0.15) is 9.97 Å². The third kappa shape index (κ3) is 3.29. The van der Waals surface area contributed by atoms with Crippen LogP contribution in [-0.4, -0.2) is 31.3 Å². The first-order chi connectivity index (χ1) is 10.0. The van der Waals surface area contributed by atoms with Gasteiger partial charge in [0.15, 0.2) is 11.5 Å². The predicted molar refractivity (Wildman–Crippen MR) is 77.6 cm³/mol. The van der Waals surface area contributed by atoms with Gasteiger partial charge in [0, 0.05) is 12.6 Å². The van der Waals surface area contributed by atoms with Crippen molar-refractivity contribution in [1.29, 1.82) is 0 Å². The molecular formula is C13H17N5O3. The molecule has 0 saturated heterocycles. The first-order valence-corrected chi connectivity index (χ1v) is 6.52. The van der Waals surface area contributed by atoms with Crippen LogP contribution in [0.4, 0.5) is 5.95 Å². The van der Waals surface area contributed by atoms with Gasteiger partial charge in [0.25, 0.3) is 0 Å². The van der Waals surface area contributed by atoms with E-state index >= 15 is 0 Å². The van der Waals surface area contributed by atoms with Crippen molar-refractivity contribution in [3.8, 4) is 17.2 Å². The molecule has 0 radical (unpaired) electrons. The second-order valence-electron chi connectivity index (χ2n) is 4.44. The number of aryl methyl sites for hydroxylation is 1. The van der Waals surface area contributed by atoms with Gasteiger partial charge in [-0.1, -0.05) is 6.92 Å².